The minimum Gasteiger partial charge on any atom is -0.493 e. The van der Waals surface area contributed by atoms with E-state index in [4.69, 9.17) is 10.5 Å². The maximum absolute atomic E-state index is 13.3. The number of nitrogen functional groups attached to an aromatic ring is 1. The van der Waals surface area contributed by atoms with Crippen LogP contribution in [0.5, 0.6) is 5.75 Å². The third-order valence-electron chi connectivity index (χ3n) is 3.45. The van der Waals surface area contributed by atoms with Gasteiger partial charge < -0.3 is 15.8 Å². The Morgan fingerprint density at radius 2 is 2.10 bits per heavy atom. The van der Waals surface area contributed by atoms with Gasteiger partial charge in [-0.3, -0.25) is 4.79 Å². The summed E-state index contributed by atoms with van der Waals surface area (Å²) >= 11 is 0. The lowest BCUT2D eigenvalue weighted by Crippen LogP contribution is -2.32. The number of fused-ring (bicyclic) bond motifs is 1. The zero-order chi connectivity index (χ0) is 14.8. The summed E-state index contributed by atoms with van der Waals surface area (Å²) in [5.74, 6) is -0.0942. The molecule has 0 spiro atoms. The van der Waals surface area contributed by atoms with Crippen molar-refractivity contribution in [2.75, 3.05) is 12.3 Å². The standard InChI is InChI=1S/C16H15FN2O2/c17-11-7-10(8-12(18)9-11)16(20)19-14-5-6-21-15-4-2-1-3-13(14)15/h1-4,7-9,14H,5-6,18H2,(H,19,20). The van der Waals surface area contributed by atoms with Crippen LogP contribution in [-0.4, -0.2) is 12.5 Å². The fourth-order valence-electron chi connectivity index (χ4n) is 2.48. The molecule has 1 aliphatic heterocycles. The number of carbonyl (C=O) groups excluding carboxylic acids is 1. The number of benzene rings is 2. The predicted octanol–water partition coefficient (Wildman–Crippen LogP) is 2.66. The smallest absolute Gasteiger partial charge is 0.251 e. The molecule has 0 saturated carbocycles. The van der Waals surface area contributed by atoms with Gasteiger partial charge in [-0.05, 0) is 24.3 Å². The lowest BCUT2D eigenvalue weighted by atomic mass is 10.00. The Labute approximate surface area is 121 Å². The van der Waals surface area contributed by atoms with Gasteiger partial charge in [0.15, 0.2) is 0 Å². The molecule has 1 heterocycles. The van der Waals surface area contributed by atoms with Crippen LogP contribution in [0, 0.1) is 5.82 Å². The molecule has 0 radical (unpaired) electrons. The molecule has 2 aromatic carbocycles. The first-order valence-corrected chi connectivity index (χ1v) is 6.72. The van der Waals surface area contributed by atoms with Crippen molar-refractivity contribution in [3.05, 3.63) is 59.4 Å². The van der Waals surface area contributed by atoms with Gasteiger partial charge in [0.05, 0.1) is 12.6 Å². The van der Waals surface area contributed by atoms with Crippen molar-refractivity contribution >= 4 is 11.6 Å². The predicted molar refractivity (Wildman–Crippen MR) is 77.6 cm³/mol. The van der Waals surface area contributed by atoms with E-state index < -0.39 is 5.82 Å². The van der Waals surface area contributed by atoms with Gasteiger partial charge in [-0.25, -0.2) is 4.39 Å². The van der Waals surface area contributed by atoms with Gasteiger partial charge in [0.1, 0.15) is 11.6 Å². The van der Waals surface area contributed by atoms with Gasteiger partial charge in [-0.15, -0.1) is 0 Å². The zero-order valence-corrected chi connectivity index (χ0v) is 11.3. The monoisotopic (exact) mass is 286 g/mol. The maximum Gasteiger partial charge on any atom is 0.251 e. The van der Waals surface area contributed by atoms with Crippen molar-refractivity contribution in [2.45, 2.75) is 12.5 Å². The Morgan fingerprint density at radius 3 is 2.90 bits per heavy atom. The van der Waals surface area contributed by atoms with E-state index >= 15 is 0 Å². The van der Waals surface area contributed by atoms with E-state index in [2.05, 4.69) is 5.32 Å². The number of para-hydroxylation sites is 1. The second kappa shape index (κ2) is 5.44. The van der Waals surface area contributed by atoms with E-state index in [9.17, 15) is 9.18 Å². The van der Waals surface area contributed by atoms with E-state index in [-0.39, 0.29) is 23.2 Å². The van der Waals surface area contributed by atoms with Crippen LogP contribution in [0.15, 0.2) is 42.5 Å². The van der Waals surface area contributed by atoms with Crippen LogP contribution < -0.4 is 15.8 Å². The number of halogens is 1. The van der Waals surface area contributed by atoms with E-state index in [0.717, 1.165) is 11.3 Å². The van der Waals surface area contributed by atoms with Crippen molar-refractivity contribution in [1.82, 2.24) is 5.32 Å². The topological polar surface area (TPSA) is 64.4 Å². The molecule has 5 heteroatoms. The second-order valence-electron chi connectivity index (χ2n) is 4.97. The second-order valence-corrected chi connectivity index (χ2v) is 4.97. The Morgan fingerprint density at radius 1 is 1.29 bits per heavy atom. The molecule has 0 aromatic heterocycles. The van der Waals surface area contributed by atoms with Gasteiger partial charge in [0.2, 0.25) is 0 Å². The Kier molecular flexibility index (Phi) is 3.48. The lowest BCUT2D eigenvalue weighted by Gasteiger charge is -2.26. The number of ether oxygens (including phenoxy) is 1. The third-order valence-corrected chi connectivity index (χ3v) is 3.45. The van der Waals surface area contributed by atoms with Gasteiger partial charge >= 0.3 is 0 Å². The van der Waals surface area contributed by atoms with Gasteiger partial charge in [-0.2, -0.15) is 0 Å². The van der Waals surface area contributed by atoms with Gasteiger partial charge in [0, 0.05) is 23.2 Å². The number of amides is 1. The number of rotatable bonds is 2. The van der Waals surface area contributed by atoms with Gasteiger partial charge in [-0.1, -0.05) is 18.2 Å². The average molecular weight is 286 g/mol. The number of nitrogens with one attached hydrogen (secondary N) is 1. The number of hydrogen-bond donors (Lipinski definition) is 2. The Balaban J connectivity index is 1.82. The largest absolute Gasteiger partial charge is 0.493 e. The van der Waals surface area contributed by atoms with Crippen LogP contribution in [0.4, 0.5) is 10.1 Å². The molecule has 4 nitrogen and oxygen atoms in total. The summed E-state index contributed by atoms with van der Waals surface area (Å²) in [4.78, 5) is 12.3. The van der Waals surface area contributed by atoms with Crippen molar-refractivity contribution in [3.8, 4) is 5.75 Å². The van der Waals surface area contributed by atoms with Crippen LogP contribution >= 0.6 is 0 Å². The maximum atomic E-state index is 13.3. The molecular weight excluding hydrogens is 271 g/mol. The molecule has 3 N–H and O–H groups in total. The van der Waals surface area contributed by atoms with Crippen molar-refractivity contribution in [1.29, 1.82) is 0 Å². The van der Waals surface area contributed by atoms with Crippen molar-refractivity contribution in [2.24, 2.45) is 0 Å². The minimum atomic E-state index is -0.521. The highest BCUT2D eigenvalue weighted by Crippen LogP contribution is 2.31. The summed E-state index contributed by atoms with van der Waals surface area (Å²) in [6, 6.07) is 11.2. The molecule has 2 aromatic rings. The quantitative estimate of drug-likeness (QED) is 0.834. The summed E-state index contributed by atoms with van der Waals surface area (Å²) in [7, 11) is 0. The van der Waals surface area contributed by atoms with Crippen LogP contribution in [0.1, 0.15) is 28.4 Å². The summed E-state index contributed by atoms with van der Waals surface area (Å²) in [5.41, 5.74) is 6.95. The first kappa shape index (κ1) is 13.4. The molecule has 1 atom stereocenters. The molecule has 0 fully saturated rings. The fourth-order valence-corrected chi connectivity index (χ4v) is 2.48. The molecule has 0 saturated heterocycles. The number of carbonyl (C=O) groups is 1. The van der Waals surface area contributed by atoms with Gasteiger partial charge in [0.25, 0.3) is 5.91 Å². The number of anilines is 1. The molecule has 0 bridgehead atoms. The van der Waals surface area contributed by atoms with E-state index in [1.807, 2.05) is 24.3 Å². The highest BCUT2D eigenvalue weighted by molar-refractivity contribution is 5.95. The molecule has 3 rings (SSSR count). The van der Waals surface area contributed by atoms with E-state index in [0.29, 0.717) is 13.0 Å². The van der Waals surface area contributed by atoms with E-state index in [1.165, 1.54) is 18.2 Å². The highest BCUT2D eigenvalue weighted by atomic mass is 19.1. The van der Waals surface area contributed by atoms with Crippen LogP contribution in [-0.2, 0) is 0 Å². The normalized spacial score (nSPS) is 16.7. The molecule has 1 aliphatic rings. The first-order valence-electron chi connectivity index (χ1n) is 6.72. The fraction of sp³-hybridized carbons (Fsp3) is 0.188. The Bertz CT molecular complexity index is 667. The minimum absolute atomic E-state index is 0.146. The number of nitrogens with two attached hydrogens (primary N) is 1. The molecule has 21 heavy (non-hydrogen) atoms. The van der Waals surface area contributed by atoms with Crippen LogP contribution in [0.3, 0.4) is 0 Å². The Hall–Kier alpha value is -2.56. The highest BCUT2D eigenvalue weighted by Gasteiger charge is 2.23. The lowest BCUT2D eigenvalue weighted by molar-refractivity contribution is 0.0924. The molecule has 1 amide bonds. The van der Waals surface area contributed by atoms with Crippen LogP contribution in [0.25, 0.3) is 0 Å². The first-order chi connectivity index (χ1) is 10.1. The zero-order valence-electron chi connectivity index (χ0n) is 11.3. The average Bonchev–Trinajstić information content (AvgIpc) is 2.46. The summed E-state index contributed by atoms with van der Waals surface area (Å²) in [6.07, 6.45) is 0.674. The SMILES string of the molecule is Nc1cc(F)cc(C(=O)NC2CCOc3ccccc32)c1. The van der Waals surface area contributed by atoms with Crippen molar-refractivity contribution < 1.29 is 13.9 Å². The number of hydrogen-bond acceptors (Lipinski definition) is 3. The molecular formula is C16H15FN2O2. The molecule has 108 valence electrons. The van der Waals surface area contributed by atoms with Crippen molar-refractivity contribution in [3.63, 3.8) is 0 Å². The van der Waals surface area contributed by atoms with Crippen LogP contribution in [0.2, 0.25) is 0 Å². The summed E-state index contributed by atoms with van der Waals surface area (Å²) in [5, 5.41) is 2.90. The molecule has 1 unspecified atom stereocenters. The summed E-state index contributed by atoms with van der Waals surface area (Å²) < 4.78 is 18.9. The van der Waals surface area contributed by atoms with E-state index in [1.54, 1.807) is 0 Å². The summed E-state index contributed by atoms with van der Waals surface area (Å²) in [6.45, 7) is 0.535. The molecule has 0 aliphatic carbocycles. The third kappa shape index (κ3) is 2.81.